The summed E-state index contributed by atoms with van der Waals surface area (Å²) in [7, 11) is 1.63. The fraction of sp³-hybridized carbons (Fsp3) is 0.320. The Morgan fingerprint density at radius 3 is 2.58 bits per heavy atom. The summed E-state index contributed by atoms with van der Waals surface area (Å²) < 4.78 is 11.3. The maximum atomic E-state index is 12.9. The van der Waals surface area contributed by atoms with Crippen molar-refractivity contribution in [1.29, 1.82) is 0 Å². The maximum Gasteiger partial charge on any atom is 0.231 e. The lowest BCUT2D eigenvalue weighted by Crippen LogP contribution is -3.27. The summed E-state index contributed by atoms with van der Waals surface area (Å²) >= 11 is 0. The number of piperazine rings is 1. The Labute approximate surface area is 183 Å². The maximum absolute atomic E-state index is 12.9. The van der Waals surface area contributed by atoms with Gasteiger partial charge in [-0.3, -0.25) is 4.79 Å². The number of hydrogen-bond donors (Lipinski definition) is 3. The summed E-state index contributed by atoms with van der Waals surface area (Å²) in [4.78, 5) is 15.9. The number of rotatable bonds is 6. The number of nitrogens with one attached hydrogen (secondary N) is 2. The van der Waals surface area contributed by atoms with Crippen molar-refractivity contribution in [3.63, 3.8) is 0 Å². The zero-order chi connectivity index (χ0) is 21.8. The number of benzene rings is 2. The molecule has 6 nitrogen and oxygen atoms in total. The first-order valence-corrected chi connectivity index (χ1v) is 10.9. The lowest BCUT2D eigenvalue weighted by molar-refractivity contribution is -1.02. The number of ether oxygens (including phenoxy) is 2. The van der Waals surface area contributed by atoms with E-state index in [1.165, 1.54) is 4.90 Å². The first kappa shape index (κ1) is 21.2. The molecule has 0 aliphatic carbocycles. The van der Waals surface area contributed by atoms with Gasteiger partial charge >= 0.3 is 0 Å². The normalized spacial score (nSPS) is 22.0. The molecule has 0 amide bonds. The lowest BCUT2D eigenvalue weighted by Gasteiger charge is -2.29. The van der Waals surface area contributed by atoms with Gasteiger partial charge in [0.05, 0.1) is 24.8 Å². The van der Waals surface area contributed by atoms with E-state index in [1.54, 1.807) is 36.3 Å². The molecule has 0 atom stereocenters. The van der Waals surface area contributed by atoms with Crippen molar-refractivity contribution in [2.24, 2.45) is 0 Å². The Bertz CT molecular complexity index is 1020. The Balaban J connectivity index is 1.52. The smallest absolute Gasteiger partial charge is 0.231 e. The number of methoxy groups -OCH3 is 1. The molecule has 4 rings (SSSR count). The van der Waals surface area contributed by atoms with Crippen LogP contribution in [0.3, 0.4) is 0 Å². The van der Waals surface area contributed by atoms with Crippen LogP contribution in [0.25, 0.3) is 6.08 Å². The molecule has 162 valence electrons. The van der Waals surface area contributed by atoms with Crippen LogP contribution >= 0.6 is 0 Å². The van der Waals surface area contributed by atoms with Gasteiger partial charge in [0.2, 0.25) is 5.78 Å². The third-order valence-corrected chi connectivity index (χ3v) is 6.17. The summed E-state index contributed by atoms with van der Waals surface area (Å²) in [5, 5.41) is 10.5. The highest BCUT2D eigenvalue weighted by Crippen LogP contribution is 2.38. The second-order valence-electron chi connectivity index (χ2n) is 8.03. The Kier molecular flexibility index (Phi) is 6.39. The Hall–Kier alpha value is -3.09. The first-order valence-electron chi connectivity index (χ1n) is 10.9. The predicted octanol–water partition coefficient (Wildman–Crippen LogP) is 0.877. The number of ketones is 1. The molecule has 0 unspecified atom stereocenters. The van der Waals surface area contributed by atoms with E-state index in [-0.39, 0.29) is 17.3 Å². The molecular weight excluding hydrogens is 392 g/mol. The molecule has 0 saturated carbocycles. The number of phenols is 1. The summed E-state index contributed by atoms with van der Waals surface area (Å²) in [5.74, 6) is 1.56. The van der Waals surface area contributed by atoms with Crippen molar-refractivity contribution in [3.8, 4) is 17.2 Å². The number of carbonyl (C=O) groups excluding carboxylic acids is 1. The largest absolute Gasteiger partial charge is 0.507 e. The van der Waals surface area contributed by atoms with Gasteiger partial charge in [-0.25, -0.2) is 0 Å². The number of fused-ring (bicyclic) bond motifs is 1. The molecule has 1 fully saturated rings. The van der Waals surface area contributed by atoms with Gasteiger partial charge in [-0.1, -0.05) is 30.4 Å². The van der Waals surface area contributed by atoms with E-state index < -0.39 is 0 Å². The van der Waals surface area contributed by atoms with Gasteiger partial charge in [0.15, 0.2) is 11.5 Å². The zero-order valence-electron chi connectivity index (χ0n) is 18.1. The van der Waals surface area contributed by atoms with Crippen molar-refractivity contribution < 1.29 is 29.2 Å². The molecule has 0 aromatic heterocycles. The highest BCUT2D eigenvalue weighted by atomic mass is 16.5. The van der Waals surface area contributed by atoms with Crippen molar-refractivity contribution in [2.45, 2.75) is 13.5 Å². The fourth-order valence-electron chi connectivity index (χ4n) is 4.26. The number of Topliss-reactive ketones (excluding diaryl/α,β-unsaturated/α-hetero) is 1. The van der Waals surface area contributed by atoms with Gasteiger partial charge < -0.3 is 24.4 Å². The van der Waals surface area contributed by atoms with E-state index in [0.29, 0.717) is 17.9 Å². The first-order chi connectivity index (χ1) is 15.1. The molecular formula is C25H30N2O4+2. The van der Waals surface area contributed by atoms with Crippen LogP contribution in [0, 0.1) is 0 Å². The molecule has 3 N–H and O–H groups in total. The van der Waals surface area contributed by atoms with Gasteiger partial charge in [0.25, 0.3) is 0 Å². The van der Waals surface area contributed by atoms with Crippen molar-refractivity contribution in [3.05, 3.63) is 71.0 Å². The van der Waals surface area contributed by atoms with Crippen LogP contribution in [-0.2, 0) is 6.54 Å². The van der Waals surface area contributed by atoms with Gasteiger partial charge in [0, 0.05) is 5.56 Å². The van der Waals surface area contributed by atoms with Crippen LogP contribution in [0.1, 0.15) is 28.4 Å². The second-order valence-corrected chi connectivity index (χ2v) is 8.03. The summed E-state index contributed by atoms with van der Waals surface area (Å²) in [5.41, 5.74) is 2.15. The van der Waals surface area contributed by atoms with Crippen LogP contribution in [0.15, 0.2) is 54.3 Å². The zero-order valence-corrected chi connectivity index (χ0v) is 18.1. The minimum Gasteiger partial charge on any atom is -0.507 e. The number of allylic oxidation sites excluding steroid dienone is 3. The lowest BCUT2D eigenvalue weighted by atomic mass is 10.0. The van der Waals surface area contributed by atoms with Crippen LogP contribution in [-0.4, -0.2) is 50.7 Å². The second kappa shape index (κ2) is 9.37. The number of carbonyl (C=O) groups is 1. The predicted molar refractivity (Wildman–Crippen MR) is 119 cm³/mol. The number of para-hydroxylation sites is 1. The molecule has 2 heterocycles. The number of likely N-dealkylation sites (N-methyl/N-ethyl adjacent to an activating group) is 1. The quantitative estimate of drug-likeness (QED) is 0.605. The third-order valence-electron chi connectivity index (χ3n) is 6.17. The van der Waals surface area contributed by atoms with Crippen molar-refractivity contribution >= 4 is 11.9 Å². The number of aromatic hydroxyl groups is 1. The molecule has 31 heavy (non-hydrogen) atoms. The average Bonchev–Trinajstić information content (AvgIpc) is 3.12. The summed E-state index contributed by atoms with van der Waals surface area (Å²) in [6.07, 6.45) is 5.34. The summed E-state index contributed by atoms with van der Waals surface area (Å²) in [6, 6.07) is 10.9. The minimum absolute atomic E-state index is 0.156. The fourth-order valence-corrected chi connectivity index (χ4v) is 4.26. The van der Waals surface area contributed by atoms with E-state index in [4.69, 9.17) is 9.47 Å². The van der Waals surface area contributed by atoms with E-state index in [1.807, 2.05) is 30.3 Å². The summed E-state index contributed by atoms with van der Waals surface area (Å²) in [6.45, 7) is 8.36. The highest BCUT2D eigenvalue weighted by molar-refractivity contribution is 6.12. The van der Waals surface area contributed by atoms with E-state index >= 15 is 0 Å². The van der Waals surface area contributed by atoms with Crippen LogP contribution in [0.4, 0.5) is 0 Å². The van der Waals surface area contributed by atoms with Crippen molar-refractivity contribution in [2.75, 3.05) is 39.8 Å². The molecule has 2 aromatic carbocycles. The molecule has 0 radical (unpaired) electrons. The molecule has 2 aliphatic heterocycles. The molecule has 6 heteroatoms. The Morgan fingerprint density at radius 2 is 1.84 bits per heavy atom. The van der Waals surface area contributed by atoms with Gasteiger partial charge in [-0.05, 0) is 31.2 Å². The van der Waals surface area contributed by atoms with Crippen LogP contribution in [0.2, 0.25) is 0 Å². The van der Waals surface area contributed by atoms with Crippen molar-refractivity contribution in [1.82, 2.24) is 0 Å². The number of hydrogen-bond acceptors (Lipinski definition) is 4. The minimum atomic E-state index is -0.156. The van der Waals surface area contributed by atoms with Gasteiger partial charge in [-0.2, -0.15) is 0 Å². The molecule has 0 bridgehead atoms. The molecule has 2 aliphatic rings. The Morgan fingerprint density at radius 1 is 1.10 bits per heavy atom. The SMILES string of the molecule is CC[NH+]1CC[NH+](Cc2c(O)ccc3c2O/C(=C/C=C/c2ccccc2OC)C3=O)CC1. The molecule has 0 spiro atoms. The van der Waals surface area contributed by atoms with E-state index in [2.05, 4.69) is 6.92 Å². The van der Waals surface area contributed by atoms with Gasteiger partial charge in [0.1, 0.15) is 44.2 Å². The molecule has 2 aromatic rings. The van der Waals surface area contributed by atoms with Crippen LogP contribution in [0.5, 0.6) is 17.2 Å². The topological polar surface area (TPSA) is 64.6 Å². The van der Waals surface area contributed by atoms with Gasteiger partial charge in [-0.15, -0.1) is 0 Å². The van der Waals surface area contributed by atoms with E-state index in [0.717, 1.165) is 49.6 Å². The number of phenolic OH excluding ortho intramolecular Hbond substituents is 1. The number of quaternary nitrogens is 2. The van der Waals surface area contributed by atoms with E-state index in [9.17, 15) is 9.90 Å². The highest BCUT2D eigenvalue weighted by Gasteiger charge is 2.33. The van der Waals surface area contributed by atoms with Crippen LogP contribution < -0.4 is 19.3 Å². The molecule has 1 saturated heterocycles. The third kappa shape index (κ3) is 4.50. The average molecular weight is 423 g/mol. The standard InChI is InChI=1S/C25H28N2O4/c1-3-26-13-15-27(16-14-26)17-20-21(28)12-11-19-24(29)23(31-25(19)20)10-6-8-18-7-4-5-9-22(18)30-2/h4-12,28H,3,13-17H2,1-2H3/p+2/b8-6+,23-10+. The monoisotopic (exact) mass is 422 g/mol.